The first-order valence-corrected chi connectivity index (χ1v) is 5.09. The average molecular weight is 180 g/mol. The molecule has 0 heteroatoms. The summed E-state index contributed by atoms with van der Waals surface area (Å²) in [7, 11) is 0. The first-order valence-electron chi connectivity index (χ1n) is 5.09. The van der Waals surface area contributed by atoms with Gasteiger partial charge in [0.05, 0.1) is 0 Å². The molecule has 0 aromatic heterocycles. The van der Waals surface area contributed by atoms with E-state index in [1.165, 1.54) is 21.6 Å². The van der Waals surface area contributed by atoms with E-state index in [2.05, 4.69) is 48.6 Å². The number of allylic oxidation sites excluding steroid dienone is 4. The van der Waals surface area contributed by atoms with Gasteiger partial charge in [0, 0.05) is 0 Å². The molecule has 0 fully saturated rings. The van der Waals surface area contributed by atoms with Gasteiger partial charge in [-0.25, -0.2) is 0 Å². The fourth-order valence-electron chi connectivity index (χ4n) is 2.12. The SMILES string of the molecule is C1=CCc2cc3c(cc2=C1)CC=CC=3. The summed E-state index contributed by atoms with van der Waals surface area (Å²) in [6, 6.07) is 4.66. The summed E-state index contributed by atoms with van der Waals surface area (Å²) in [5.74, 6) is 0. The first kappa shape index (κ1) is 7.81. The maximum Gasteiger partial charge on any atom is -0.00882 e. The topological polar surface area (TPSA) is 0 Å². The Labute approximate surface area is 83.6 Å². The zero-order valence-corrected chi connectivity index (χ0v) is 8.03. The van der Waals surface area contributed by atoms with Crippen molar-refractivity contribution in [2.75, 3.05) is 0 Å². The molecule has 14 heavy (non-hydrogen) atoms. The molecule has 0 saturated heterocycles. The highest BCUT2D eigenvalue weighted by atomic mass is 14.1. The molecule has 0 N–H and O–H groups in total. The predicted octanol–water partition coefficient (Wildman–Crippen LogP) is 1.47. The van der Waals surface area contributed by atoms with Crippen LogP contribution in [0.25, 0.3) is 12.2 Å². The van der Waals surface area contributed by atoms with Crippen LogP contribution < -0.4 is 10.4 Å². The number of fused-ring (bicyclic) bond motifs is 2. The molecule has 0 saturated carbocycles. The van der Waals surface area contributed by atoms with E-state index in [1.807, 2.05) is 0 Å². The monoisotopic (exact) mass is 180 g/mol. The summed E-state index contributed by atoms with van der Waals surface area (Å²) >= 11 is 0. The summed E-state index contributed by atoms with van der Waals surface area (Å²) in [5.41, 5.74) is 2.91. The third-order valence-electron chi connectivity index (χ3n) is 2.90. The van der Waals surface area contributed by atoms with Gasteiger partial charge in [-0.15, -0.1) is 0 Å². The van der Waals surface area contributed by atoms with Crippen molar-refractivity contribution in [3.63, 3.8) is 0 Å². The Morgan fingerprint density at radius 2 is 1.21 bits per heavy atom. The summed E-state index contributed by atoms with van der Waals surface area (Å²) in [5, 5.41) is 2.80. The van der Waals surface area contributed by atoms with Crippen LogP contribution in [0, 0.1) is 0 Å². The lowest BCUT2D eigenvalue weighted by Gasteiger charge is -2.09. The van der Waals surface area contributed by atoms with Crippen LogP contribution in [0.3, 0.4) is 0 Å². The standard InChI is InChI=1S/C14H12/c1-2-6-12-10-14-8-4-3-7-13(14)9-11(12)5-1/h1-5,8-10H,6-7H2. The normalized spacial score (nSPS) is 16.6. The smallest absolute Gasteiger partial charge is 0.00882 e. The second kappa shape index (κ2) is 2.98. The van der Waals surface area contributed by atoms with Crippen LogP contribution in [0.1, 0.15) is 11.1 Å². The second-order valence-corrected chi connectivity index (χ2v) is 3.85. The molecule has 0 spiro atoms. The zero-order chi connectivity index (χ0) is 9.38. The van der Waals surface area contributed by atoms with Crippen LogP contribution in [0.15, 0.2) is 36.4 Å². The molecular weight excluding hydrogens is 168 g/mol. The molecule has 3 rings (SSSR count). The van der Waals surface area contributed by atoms with Crippen molar-refractivity contribution >= 4 is 12.2 Å². The summed E-state index contributed by atoms with van der Waals surface area (Å²) in [6.07, 6.45) is 15.3. The highest BCUT2D eigenvalue weighted by Crippen LogP contribution is 2.03. The van der Waals surface area contributed by atoms with Crippen molar-refractivity contribution in [2.45, 2.75) is 12.8 Å². The third-order valence-corrected chi connectivity index (χ3v) is 2.90. The van der Waals surface area contributed by atoms with Gasteiger partial charge in [-0.3, -0.25) is 0 Å². The summed E-state index contributed by atoms with van der Waals surface area (Å²) < 4.78 is 0. The Kier molecular flexibility index (Phi) is 1.66. The quantitative estimate of drug-likeness (QED) is 0.567. The Bertz CT molecular complexity index is 490. The van der Waals surface area contributed by atoms with Crippen molar-refractivity contribution in [3.8, 4) is 0 Å². The number of hydrogen-bond acceptors (Lipinski definition) is 0. The van der Waals surface area contributed by atoms with Crippen LogP contribution in [-0.2, 0) is 12.8 Å². The van der Waals surface area contributed by atoms with Crippen LogP contribution in [0.5, 0.6) is 0 Å². The van der Waals surface area contributed by atoms with E-state index >= 15 is 0 Å². The van der Waals surface area contributed by atoms with E-state index in [0.717, 1.165) is 12.8 Å². The number of benzene rings is 1. The van der Waals surface area contributed by atoms with E-state index < -0.39 is 0 Å². The van der Waals surface area contributed by atoms with Crippen molar-refractivity contribution in [1.82, 2.24) is 0 Å². The minimum absolute atomic E-state index is 1.08. The first-order chi connectivity index (χ1) is 6.93. The molecule has 0 amide bonds. The predicted molar refractivity (Wildman–Crippen MR) is 60.3 cm³/mol. The van der Waals surface area contributed by atoms with Crippen molar-refractivity contribution < 1.29 is 0 Å². The third kappa shape index (κ3) is 1.15. The molecule has 2 aliphatic carbocycles. The van der Waals surface area contributed by atoms with Crippen molar-refractivity contribution in [1.29, 1.82) is 0 Å². The van der Waals surface area contributed by atoms with Crippen LogP contribution in [0.4, 0.5) is 0 Å². The molecule has 0 radical (unpaired) electrons. The van der Waals surface area contributed by atoms with Crippen LogP contribution >= 0.6 is 0 Å². The lowest BCUT2D eigenvalue weighted by molar-refractivity contribution is 1.15. The number of rotatable bonds is 0. The van der Waals surface area contributed by atoms with Gasteiger partial charge < -0.3 is 0 Å². The molecule has 2 aliphatic rings. The van der Waals surface area contributed by atoms with Gasteiger partial charge in [0.1, 0.15) is 0 Å². The van der Waals surface area contributed by atoms with Gasteiger partial charge in [-0.05, 0) is 34.4 Å². The molecule has 1 aromatic rings. The molecule has 1 aromatic carbocycles. The van der Waals surface area contributed by atoms with Crippen LogP contribution in [-0.4, -0.2) is 0 Å². The van der Waals surface area contributed by atoms with Gasteiger partial charge in [-0.2, -0.15) is 0 Å². The summed E-state index contributed by atoms with van der Waals surface area (Å²) in [6.45, 7) is 0. The van der Waals surface area contributed by atoms with E-state index in [0.29, 0.717) is 0 Å². The molecule has 0 heterocycles. The average Bonchev–Trinajstić information content (AvgIpc) is 2.26. The van der Waals surface area contributed by atoms with Gasteiger partial charge in [0.2, 0.25) is 0 Å². The Morgan fingerprint density at radius 3 is 1.71 bits per heavy atom. The second-order valence-electron chi connectivity index (χ2n) is 3.85. The molecule has 68 valence electrons. The molecule has 0 nitrogen and oxygen atoms in total. The van der Waals surface area contributed by atoms with E-state index in [9.17, 15) is 0 Å². The van der Waals surface area contributed by atoms with Crippen molar-refractivity contribution in [3.05, 3.63) is 58.0 Å². The van der Waals surface area contributed by atoms with E-state index in [-0.39, 0.29) is 0 Å². The highest BCUT2D eigenvalue weighted by molar-refractivity contribution is 5.50. The highest BCUT2D eigenvalue weighted by Gasteiger charge is 2.02. The van der Waals surface area contributed by atoms with Gasteiger partial charge in [0.25, 0.3) is 0 Å². The zero-order valence-electron chi connectivity index (χ0n) is 8.03. The molecule has 0 atom stereocenters. The van der Waals surface area contributed by atoms with E-state index in [4.69, 9.17) is 0 Å². The maximum absolute atomic E-state index is 2.33. The lowest BCUT2D eigenvalue weighted by Crippen LogP contribution is -2.21. The maximum atomic E-state index is 2.33. The number of hydrogen-bond donors (Lipinski definition) is 0. The minimum atomic E-state index is 1.08. The van der Waals surface area contributed by atoms with Gasteiger partial charge in [-0.1, -0.05) is 48.6 Å². The minimum Gasteiger partial charge on any atom is -0.0801 e. The Morgan fingerprint density at radius 1 is 0.714 bits per heavy atom. The molecule has 0 unspecified atom stereocenters. The van der Waals surface area contributed by atoms with Crippen LogP contribution in [0.2, 0.25) is 0 Å². The fraction of sp³-hybridized carbons (Fsp3) is 0.143. The molecule has 0 bridgehead atoms. The van der Waals surface area contributed by atoms with Crippen molar-refractivity contribution in [2.24, 2.45) is 0 Å². The fourth-order valence-corrected chi connectivity index (χ4v) is 2.12. The summed E-state index contributed by atoms with van der Waals surface area (Å²) in [4.78, 5) is 0. The van der Waals surface area contributed by atoms with Gasteiger partial charge >= 0.3 is 0 Å². The molecule has 0 aliphatic heterocycles. The van der Waals surface area contributed by atoms with Gasteiger partial charge in [0.15, 0.2) is 0 Å². The van der Waals surface area contributed by atoms with E-state index in [1.54, 1.807) is 0 Å². The lowest BCUT2D eigenvalue weighted by atomic mass is 9.96. The Balaban J connectivity index is 2.35. The Hall–Kier alpha value is -1.56. The largest absolute Gasteiger partial charge is 0.0801 e. The molecular formula is C14H12.